The number of hydrogen-bond acceptors (Lipinski definition) is 2. The molecule has 21 heavy (non-hydrogen) atoms. The lowest BCUT2D eigenvalue weighted by molar-refractivity contribution is -0.0327. The van der Waals surface area contributed by atoms with Gasteiger partial charge in [-0.1, -0.05) is 24.3 Å². The first kappa shape index (κ1) is 15.6. The van der Waals surface area contributed by atoms with E-state index in [1.165, 1.54) is 12.1 Å². The number of thioether (sulfide) groups is 1. The minimum atomic E-state index is -4.31. The van der Waals surface area contributed by atoms with Crippen LogP contribution in [0.4, 0.5) is 17.6 Å². The van der Waals surface area contributed by atoms with Crippen LogP contribution in [0, 0.1) is 5.82 Å². The van der Waals surface area contributed by atoms with Crippen molar-refractivity contribution in [2.75, 3.05) is 12.3 Å². The molecule has 0 saturated heterocycles. The van der Waals surface area contributed by atoms with Gasteiger partial charge in [-0.3, -0.25) is 4.79 Å². The van der Waals surface area contributed by atoms with Crippen LogP contribution in [-0.2, 0) is 0 Å². The zero-order valence-electron chi connectivity index (χ0n) is 10.7. The van der Waals surface area contributed by atoms with E-state index in [1.54, 1.807) is 24.3 Å². The molecule has 0 unspecified atom stereocenters. The van der Waals surface area contributed by atoms with Gasteiger partial charge in [-0.15, -0.1) is 0 Å². The van der Waals surface area contributed by atoms with Crippen molar-refractivity contribution in [3.63, 3.8) is 0 Å². The summed E-state index contributed by atoms with van der Waals surface area (Å²) in [5.74, 6) is -1.24. The van der Waals surface area contributed by atoms with Gasteiger partial charge in [0.25, 0.3) is 5.91 Å². The number of halogens is 4. The fourth-order valence-corrected chi connectivity index (χ4v) is 2.32. The third-order valence-corrected chi connectivity index (χ3v) is 3.50. The first-order chi connectivity index (χ1) is 9.88. The molecule has 0 saturated carbocycles. The van der Waals surface area contributed by atoms with E-state index in [0.717, 1.165) is 0 Å². The summed E-state index contributed by atoms with van der Waals surface area (Å²) >= 11 is -0.198. The first-order valence-electron chi connectivity index (χ1n) is 6.04. The van der Waals surface area contributed by atoms with Gasteiger partial charge in [0.05, 0.1) is 0 Å². The average molecular weight is 317 g/mol. The van der Waals surface area contributed by atoms with Crippen molar-refractivity contribution in [2.45, 2.75) is 5.51 Å². The van der Waals surface area contributed by atoms with E-state index >= 15 is 0 Å². The number of carbonyl (C=O) groups excluding carboxylic acids is 1. The third kappa shape index (κ3) is 4.10. The highest BCUT2D eigenvalue weighted by Gasteiger charge is 2.27. The highest BCUT2D eigenvalue weighted by molar-refractivity contribution is 8.00. The minimum absolute atomic E-state index is 0.116. The van der Waals surface area contributed by atoms with E-state index in [0.29, 0.717) is 10.8 Å². The molecule has 112 valence electrons. The van der Waals surface area contributed by atoms with Crippen LogP contribution in [0.25, 0.3) is 10.8 Å². The summed E-state index contributed by atoms with van der Waals surface area (Å²) in [5, 5.41) is 3.13. The molecule has 0 aliphatic rings. The van der Waals surface area contributed by atoms with Gasteiger partial charge in [0, 0.05) is 23.2 Å². The standard InChI is InChI=1S/C14H11F4NOS/c15-12-6-5-11(9-3-1-2-4-10(9)12)13(20)19-7-8-21-14(16,17)18/h1-6H,7-8H2,(H,19,20). The number of fused-ring (bicyclic) bond motifs is 1. The van der Waals surface area contributed by atoms with Crippen LogP contribution in [0.1, 0.15) is 10.4 Å². The Hall–Kier alpha value is -1.76. The molecule has 0 aliphatic heterocycles. The Bertz CT molecular complexity index is 657. The lowest BCUT2D eigenvalue weighted by atomic mass is 10.0. The van der Waals surface area contributed by atoms with Gasteiger partial charge in [-0.25, -0.2) is 4.39 Å². The summed E-state index contributed by atoms with van der Waals surface area (Å²) in [6, 6.07) is 8.94. The van der Waals surface area contributed by atoms with Crippen molar-refractivity contribution in [3.05, 3.63) is 47.8 Å². The smallest absolute Gasteiger partial charge is 0.351 e. The number of amides is 1. The molecule has 0 spiro atoms. The zero-order chi connectivity index (χ0) is 15.5. The predicted octanol–water partition coefficient (Wildman–Crippen LogP) is 3.96. The van der Waals surface area contributed by atoms with Crippen LogP contribution >= 0.6 is 11.8 Å². The summed E-state index contributed by atoms with van der Waals surface area (Å²) in [6.07, 6.45) is 0. The molecule has 0 aromatic heterocycles. The van der Waals surface area contributed by atoms with Gasteiger partial charge in [0.1, 0.15) is 5.82 Å². The number of alkyl halides is 3. The second-order valence-corrected chi connectivity index (χ2v) is 5.35. The van der Waals surface area contributed by atoms with Crippen molar-refractivity contribution in [1.29, 1.82) is 0 Å². The molecule has 0 aliphatic carbocycles. The van der Waals surface area contributed by atoms with Crippen LogP contribution in [0.5, 0.6) is 0 Å². The molecule has 0 atom stereocenters. The fraction of sp³-hybridized carbons (Fsp3) is 0.214. The molecule has 2 aromatic carbocycles. The summed E-state index contributed by atoms with van der Waals surface area (Å²) in [5.41, 5.74) is -4.07. The third-order valence-electron chi connectivity index (χ3n) is 2.77. The number of rotatable bonds is 4. The maximum absolute atomic E-state index is 13.6. The highest BCUT2D eigenvalue weighted by Crippen LogP contribution is 2.29. The van der Waals surface area contributed by atoms with Crippen molar-refractivity contribution >= 4 is 28.4 Å². The molecule has 2 aromatic rings. The molecule has 2 rings (SSSR count). The van der Waals surface area contributed by atoms with Gasteiger partial charge < -0.3 is 5.32 Å². The van der Waals surface area contributed by atoms with Crippen molar-refractivity contribution in [3.8, 4) is 0 Å². The second kappa shape index (κ2) is 6.34. The highest BCUT2D eigenvalue weighted by atomic mass is 32.2. The van der Waals surface area contributed by atoms with Gasteiger partial charge >= 0.3 is 5.51 Å². The normalized spacial score (nSPS) is 11.6. The summed E-state index contributed by atoms with van der Waals surface area (Å²) < 4.78 is 49.5. The molecule has 1 N–H and O–H groups in total. The van der Waals surface area contributed by atoms with Crippen molar-refractivity contribution in [1.82, 2.24) is 5.32 Å². The minimum Gasteiger partial charge on any atom is -0.351 e. The molecule has 2 nitrogen and oxygen atoms in total. The van der Waals surface area contributed by atoms with E-state index in [1.807, 2.05) is 0 Å². The Morgan fingerprint density at radius 1 is 1.10 bits per heavy atom. The molecular weight excluding hydrogens is 306 g/mol. The maximum atomic E-state index is 13.6. The lowest BCUT2D eigenvalue weighted by Gasteiger charge is -2.09. The molecule has 0 heterocycles. The monoisotopic (exact) mass is 317 g/mol. The average Bonchev–Trinajstić information content (AvgIpc) is 2.43. The molecule has 1 amide bonds. The molecule has 7 heteroatoms. The molecule has 0 radical (unpaired) electrons. The predicted molar refractivity (Wildman–Crippen MR) is 74.8 cm³/mol. The Morgan fingerprint density at radius 3 is 2.43 bits per heavy atom. The van der Waals surface area contributed by atoms with Crippen molar-refractivity contribution in [2.24, 2.45) is 0 Å². The van der Waals surface area contributed by atoms with E-state index in [-0.39, 0.29) is 29.6 Å². The SMILES string of the molecule is O=C(NCCSC(F)(F)F)c1ccc(F)c2ccccc12. The van der Waals surface area contributed by atoms with Gasteiger partial charge in [0.15, 0.2) is 0 Å². The van der Waals surface area contributed by atoms with E-state index in [2.05, 4.69) is 5.32 Å². The summed E-state index contributed by atoms with van der Waals surface area (Å²) in [7, 11) is 0. The van der Waals surface area contributed by atoms with Gasteiger partial charge in [-0.05, 0) is 29.3 Å². The van der Waals surface area contributed by atoms with Gasteiger partial charge in [-0.2, -0.15) is 13.2 Å². The second-order valence-electron chi connectivity index (χ2n) is 4.19. The lowest BCUT2D eigenvalue weighted by Crippen LogP contribution is -2.26. The largest absolute Gasteiger partial charge is 0.441 e. The van der Waals surface area contributed by atoms with Crippen LogP contribution in [0.15, 0.2) is 36.4 Å². The number of carbonyl (C=O) groups is 1. The Labute approximate surface area is 122 Å². The van der Waals surface area contributed by atoms with Crippen molar-refractivity contribution < 1.29 is 22.4 Å². The fourth-order valence-electron chi connectivity index (χ4n) is 1.89. The Morgan fingerprint density at radius 2 is 1.76 bits per heavy atom. The van der Waals surface area contributed by atoms with E-state index in [4.69, 9.17) is 0 Å². The topological polar surface area (TPSA) is 29.1 Å². The number of benzene rings is 2. The zero-order valence-corrected chi connectivity index (χ0v) is 11.5. The first-order valence-corrected chi connectivity index (χ1v) is 7.03. The molecular formula is C14H11F4NOS. The summed E-state index contributed by atoms with van der Waals surface area (Å²) in [4.78, 5) is 12.0. The van der Waals surface area contributed by atoms with Crippen LogP contribution in [-0.4, -0.2) is 23.7 Å². The maximum Gasteiger partial charge on any atom is 0.441 e. The van der Waals surface area contributed by atoms with Gasteiger partial charge in [0.2, 0.25) is 0 Å². The van der Waals surface area contributed by atoms with Crippen LogP contribution < -0.4 is 5.32 Å². The number of nitrogens with one attached hydrogen (secondary N) is 1. The number of hydrogen-bond donors (Lipinski definition) is 1. The Kier molecular flexibility index (Phi) is 4.72. The summed E-state index contributed by atoms with van der Waals surface area (Å²) in [6.45, 7) is -0.116. The molecule has 0 fully saturated rings. The van der Waals surface area contributed by atoms with E-state index < -0.39 is 17.2 Å². The quantitative estimate of drug-likeness (QED) is 0.683. The van der Waals surface area contributed by atoms with Crippen LogP contribution in [0.2, 0.25) is 0 Å². The van der Waals surface area contributed by atoms with E-state index in [9.17, 15) is 22.4 Å². The van der Waals surface area contributed by atoms with Crippen LogP contribution in [0.3, 0.4) is 0 Å². The Balaban J connectivity index is 2.08. The molecule has 0 bridgehead atoms.